The number of rotatable bonds is 3. The molecule has 0 unspecified atom stereocenters. The van der Waals surface area contributed by atoms with E-state index in [0.717, 1.165) is 24.8 Å². The van der Waals surface area contributed by atoms with Crippen LogP contribution in [0.3, 0.4) is 0 Å². The zero-order valence-electron chi connectivity index (χ0n) is 15.6. The Morgan fingerprint density at radius 2 is 1.46 bits per heavy atom. The van der Waals surface area contributed by atoms with E-state index >= 15 is 0 Å². The summed E-state index contributed by atoms with van der Waals surface area (Å²) in [7, 11) is 0. The third-order valence-corrected chi connectivity index (χ3v) is 6.52. The van der Waals surface area contributed by atoms with Crippen LogP contribution in [0.1, 0.15) is 35.2 Å². The summed E-state index contributed by atoms with van der Waals surface area (Å²) < 4.78 is 5.40. The lowest BCUT2D eigenvalue weighted by Gasteiger charge is -2.19. The van der Waals surface area contributed by atoms with Crippen molar-refractivity contribution in [3.8, 4) is 5.75 Å². The minimum absolute atomic E-state index is 0.0633. The number of ether oxygens (including phenoxy) is 1. The van der Waals surface area contributed by atoms with Gasteiger partial charge in [0.2, 0.25) is 11.8 Å². The average molecular weight is 375 g/mol. The molecule has 142 valence electrons. The minimum atomic E-state index is -0.438. The number of amides is 2. The van der Waals surface area contributed by atoms with E-state index in [0.29, 0.717) is 28.8 Å². The molecule has 28 heavy (non-hydrogen) atoms. The van der Waals surface area contributed by atoms with Crippen molar-refractivity contribution in [2.24, 2.45) is 23.7 Å². The van der Waals surface area contributed by atoms with Gasteiger partial charge in [-0.1, -0.05) is 17.7 Å². The quantitative estimate of drug-likeness (QED) is 0.466. The van der Waals surface area contributed by atoms with Gasteiger partial charge >= 0.3 is 5.97 Å². The lowest BCUT2D eigenvalue weighted by Crippen LogP contribution is -2.32. The van der Waals surface area contributed by atoms with E-state index in [1.54, 1.807) is 36.4 Å². The van der Waals surface area contributed by atoms with Gasteiger partial charge in [-0.05, 0) is 74.4 Å². The van der Waals surface area contributed by atoms with Gasteiger partial charge < -0.3 is 4.74 Å². The predicted molar refractivity (Wildman–Crippen MR) is 103 cm³/mol. The van der Waals surface area contributed by atoms with Crippen LogP contribution in [0.2, 0.25) is 0 Å². The van der Waals surface area contributed by atoms with Gasteiger partial charge in [0.15, 0.2) is 0 Å². The van der Waals surface area contributed by atoms with E-state index in [9.17, 15) is 14.4 Å². The molecule has 0 spiro atoms. The molecule has 1 heterocycles. The SMILES string of the molecule is Cc1ccc(C(=O)Oc2ccc(N3C(=O)[C@@H]4[C@H]5CC[C@@H](C5)[C@H]4C3=O)cc2)cc1. The van der Waals surface area contributed by atoms with Crippen molar-refractivity contribution >= 4 is 23.5 Å². The zero-order valence-corrected chi connectivity index (χ0v) is 15.6. The fourth-order valence-electron chi connectivity index (χ4n) is 5.18. The summed E-state index contributed by atoms with van der Waals surface area (Å²) >= 11 is 0. The average Bonchev–Trinajstić information content (AvgIpc) is 3.37. The Labute approximate surface area is 163 Å². The molecule has 2 bridgehead atoms. The first-order chi connectivity index (χ1) is 13.5. The minimum Gasteiger partial charge on any atom is -0.423 e. The molecule has 1 aliphatic heterocycles. The van der Waals surface area contributed by atoms with Crippen molar-refractivity contribution in [3.05, 3.63) is 59.7 Å². The van der Waals surface area contributed by atoms with Crippen LogP contribution in [-0.2, 0) is 9.59 Å². The highest BCUT2D eigenvalue weighted by Gasteiger charge is 2.61. The number of aryl methyl sites for hydroxylation is 1. The van der Waals surface area contributed by atoms with Crippen molar-refractivity contribution in [1.82, 2.24) is 0 Å². The van der Waals surface area contributed by atoms with Crippen molar-refractivity contribution in [1.29, 1.82) is 0 Å². The van der Waals surface area contributed by atoms with E-state index < -0.39 is 5.97 Å². The van der Waals surface area contributed by atoms with Crippen LogP contribution in [0.25, 0.3) is 0 Å². The molecule has 0 aromatic heterocycles. The monoisotopic (exact) mass is 375 g/mol. The van der Waals surface area contributed by atoms with Gasteiger partial charge in [0.05, 0.1) is 23.1 Å². The number of imide groups is 1. The molecule has 0 radical (unpaired) electrons. The van der Waals surface area contributed by atoms with Gasteiger partial charge in [-0.25, -0.2) is 4.79 Å². The van der Waals surface area contributed by atoms with Crippen molar-refractivity contribution < 1.29 is 19.1 Å². The highest BCUT2D eigenvalue weighted by atomic mass is 16.5. The number of esters is 1. The van der Waals surface area contributed by atoms with Crippen LogP contribution < -0.4 is 9.64 Å². The molecule has 2 amide bonds. The van der Waals surface area contributed by atoms with Gasteiger partial charge in [0.25, 0.3) is 0 Å². The van der Waals surface area contributed by atoms with Crippen molar-refractivity contribution in [2.45, 2.75) is 26.2 Å². The second-order valence-corrected chi connectivity index (χ2v) is 8.15. The molecule has 1 saturated heterocycles. The predicted octanol–water partition coefficient (Wildman–Crippen LogP) is 3.75. The summed E-state index contributed by atoms with van der Waals surface area (Å²) in [5.74, 6) is 0.284. The number of carbonyl (C=O) groups excluding carboxylic acids is 3. The standard InChI is InChI=1S/C23H21NO4/c1-13-2-4-14(5-3-13)23(27)28-18-10-8-17(9-11-18)24-21(25)19-15-6-7-16(12-15)20(19)22(24)26/h2-5,8-11,15-16,19-20H,6-7,12H2,1H3/t15-,16-,19+,20+/m0/s1. The van der Waals surface area contributed by atoms with Gasteiger partial charge in [-0.2, -0.15) is 0 Å². The van der Waals surface area contributed by atoms with Crippen LogP contribution in [-0.4, -0.2) is 17.8 Å². The highest BCUT2D eigenvalue weighted by Crippen LogP contribution is 2.56. The van der Waals surface area contributed by atoms with Crippen LogP contribution in [0, 0.1) is 30.6 Å². The molecule has 5 rings (SSSR count). The molecule has 2 aromatic rings. The summed E-state index contributed by atoms with van der Waals surface area (Å²) in [6.07, 6.45) is 3.15. The highest BCUT2D eigenvalue weighted by molar-refractivity contribution is 6.22. The number of anilines is 1. The Bertz CT molecular complexity index is 935. The zero-order chi connectivity index (χ0) is 19.4. The topological polar surface area (TPSA) is 63.7 Å². The molecule has 5 nitrogen and oxygen atoms in total. The summed E-state index contributed by atoms with van der Waals surface area (Å²) in [4.78, 5) is 39.3. The van der Waals surface area contributed by atoms with E-state index in [1.165, 1.54) is 4.90 Å². The first-order valence-corrected chi connectivity index (χ1v) is 9.79. The number of hydrogen-bond acceptors (Lipinski definition) is 4. The molecule has 5 heteroatoms. The molecule has 2 saturated carbocycles. The number of nitrogens with zero attached hydrogens (tertiary/aromatic N) is 1. The number of hydrogen-bond donors (Lipinski definition) is 0. The van der Waals surface area contributed by atoms with E-state index in [2.05, 4.69) is 0 Å². The Morgan fingerprint density at radius 3 is 2.04 bits per heavy atom. The van der Waals surface area contributed by atoms with Gasteiger partial charge in [-0.15, -0.1) is 0 Å². The number of fused-ring (bicyclic) bond motifs is 5. The maximum absolute atomic E-state index is 12.9. The molecule has 4 atom stereocenters. The smallest absolute Gasteiger partial charge is 0.343 e. The third-order valence-electron chi connectivity index (χ3n) is 6.52. The van der Waals surface area contributed by atoms with Crippen LogP contribution in [0.4, 0.5) is 5.69 Å². The third kappa shape index (κ3) is 2.57. The van der Waals surface area contributed by atoms with Gasteiger partial charge in [0, 0.05) is 0 Å². The summed E-state index contributed by atoms with van der Waals surface area (Å²) in [6.45, 7) is 1.95. The molecule has 3 aliphatic rings. The van der Waals surface area contributed by atoms with Gasteiger partial charge in [0.1, 0.15) is 5.75 Å². The summed E-state index contributed by atoms with van der Waals surface area (Å²) in [5.41, 5.74) is 2.10. The molecule has 2 aliphatic carbocycles. The van der Waals surface area contributed by atoms with Crippen LogP contribution >= 0.6 is 0 Å². The molecule has 0 N–H and O–H groups in total. The second-order valence-electron chi connectivity index (χ2n) is 8.15. The Kier molecular flexibility index (Phi) is 3.86. The van der Waals surface area contributed by atoms with Crippen LogP contribution in [0.5, 0.6) is 5.75 Å². The molecular formula is C23H21NO4. The second kappa shape index (κ2) is 6.30. The maximum atomic E-state index is 12.9. The molecule has 2 aromatic carbocycles. The van der Waals surface area contributed by atoms with E-state index in [4.69, 9.17) is 4.74 Å². The first kappa shape index (κ1) is 17.2. The van der Waals surface area contributed by atoms with Crippen molar-refractivity contribution in [3.63, 3.8) is 0 Å². The Hall–Kier alpha value is -2.95. The van der Waals surface area contributed by atoms with E-state index in [-0.39, 0.29) is 23.7 Å². The Morgan fingerprint density at radius 1 is 0.893 bits per heavy atom. The fraction of sp³-hybridized carbons (Fsp3) is 0.348. The maximum Gasteiger partial charge on any atom is 0.343 e. The number of carbonyl (C=O) groups is 3. The fourth-order valence-corrected chi connectivity index (χ4v) is 5.18. The number of benzene rings is 2. The Balaban J connectivity index is 1.33. The normalized spacial score (nSPS) is 28.0. The van der Waals surface area contributed by atoms with Gasteiger partial charge in [-0.3, -0.25) is 14.5 Å². The lowest BCUT2D eigenvalue weighted by molar-refractivity contribution is -0.123. The van der Waals surface area contributed by atoms with Crippen LogP contribution in [0.15, 0.2) is 48.5 Å². The lowest BCUT2D eigenvalue weighted by atomic mass is 9.81. The summed E-state index contributed by atoms with van der Waals surface area (Å²) in [5, 5.41) is 0. The largest absolute Gasteiger partial charge is 0.423 e. The molecule has 3 fully saturated rings. The van der Waals surface area contributed by atoms with Crippen molar-refractivity contribution in [2.75, 3.05) is 4.90 Å². The molecular weight excluding hydrogens is 354 g/mol. The first-order valence-electron chi connectivity index (χ1n) is 9.79. The summed E-state index contributed by atoms with van der Waals surface area (Å²) in [6, 6.07) is 13.8. The van der Waals surface area contributed by atoms with E-state index in [1.807, 2.05) is 19.1 Å².